The summed E-state index contributed by atoms with van der Waals surface area (Å²) in [4.78, 5) is 0. The summed E-state index contributed by atoms with van der Waals surface area (Å²) < 4.78 is 5.72. The van der Waals surface area contributed by atoms with Gasteiger partial charge in [-0.3, -0.25) is 0 Å². The molecule has 0 amide bonds. The lowest BCUT2D eigenvalue weighted by Gasteiger charge is -2.08. The first-order valence-electron chi connectivity index (χ1n) is 5.02. The van der Waals surface area contributed by atoms with Gasteiger partial charge in [0.15, 0.2) is 0 Å². The monoisotopic (exact) mass is 176 g/mol. The van der Waals surface area contributed by atoms with Crippen molar-refractivity contribution in [2.24, 2.45) is 0 Å². The number of hydrogen-bond donors (Lipinski definition) is 0. The summed E-state index contributed by atoms with van der Waals surface area (Å²) >= 11 is 0. The molecule has 0 N–H and O–H groups in total. The van der Waals surface area contributed by atoms with E-state index in [2.05, 4.69) is 32.0 Å². The molecule has 1 fully saturated rings. The maximum absolute atomic E-state index is 5.72. The van der Waals surface area contributed by atoms with E-state index in [-0.39, 0.29) is 0 Å². The van der Waals surface area contributed by atoms with Crippen LogP contribution in [0.1, 0.15) is 38.2 Å². The van der Waals surface area contributed by atoms with Gasteiger partial charge in [-0.25, -0.2) is 0 Å². The van der Waals surface area contributed by atoms with E-state index in [9.17, 15) is 0 Å². The van der Waals surface area contributed by atoms with Gasteiger partial charge < -0.3 is 4.74 Å². The quantitative estimate of drug-likeness (QED) is 0.686. The highest BCUT2D eigenvalue weighted by Gasteiger charge is 2.23. The summed E-state index contributed by atoms with van der Waals surface area (Å²) in [6.45, 7) is 4.41. The molecule has 0 aliphatic heterocycles. The Balaban J connectivity index is 2.11. The number of rotatable bonds is 3. The SMILES string of the molecule is CC(C)c1cccc(OC2CC2)c1. The van der Waals surface area contributed by atoms with Crippen LogP contribution in [0.25, 0.3) is 0 Å². The molecule has 1 nitrogen and oxygen atoms in total. The van der Waals surface area contributed by atoms with E-state index in [4.69, 9.17) is 4.74 Å². The van der Waals surface area contributed by atoms with Crippen LogP contribution in [0.5, 0.6) is 5.75 Å². The van der Waals surface area contributed by atoms with Gasteiger partial charge in [-0.05, 0) is 36.5 Å². The van der Waals surface area contributed by atoms with Crippen LogP contribution in [0, 0.1) is 0 Å². The fraction of sp³-hybridized carbons (Fsp3) is 0.500. The first-order chi connectivity index (χ1) is 6.25. The van der Waals surface area contributed by atoms with Crippen LogP contribution in [0.15, 0.2) is 24.3 Å². The van der Waals surface area contributed by atoms with Crippen LogP contribution >= 0.6 is 0 Å². The van der Waals surface area contributed by atoms with E-state index in [1.807, 2.05) is 6.07 Å². The molecule has 1 aliphatic carbocycles. The molecule has 1 saturated carbocycles. The van der Waals surface area contributed by atoms with Crippen molar-refractivity contribution in [3.8, 4) is 5.75 Å². The zero-order valence-corrected chi connectivity index (χ0v) is 8.29. The van der Waals surface area contributed by atoms with Crippen LogP contribution < -0.4 is 4.74 Å². The van der Waals surface area contributed by atoms with E-state index >= 15 is 0 Å². The molecule has 0 saturated heterocycles. The molecule has 0 atom stereocenters. The largest absolute Gasteiger partial charge is 0.490 e. The summed E-state index contributed by atoms with van der Waals surface area (Å²) in [6, 6.07) is 8.44. The van der Waals surface area contributed by atoms with Gasteiger partial charge >= 0.3 is 0 Å². The van der Waals surface area contributed by atoms with Gasteiger partial charge in [0.1, 0.15) is 5.75 Å². The summed E-state index contributed by atoms with van der Waals surface area (Å²) in [5.74, 6) is 1.62. The van der Waals surface area contributed by atoms with E-state index in [1.165, 1.54) is 18.4 Å². The summed E-state index contributed by atoms with van der Waals surface area (Å²) in [7, 11) is 0. The van der Waals surface area contributed by atoms with Gasteiger partial charge in [0.05, 0.1) is 6.10 Å². The van der Waals surface area contributed by atoms with Crippen molar-refractivity contribution >= 4 is 0 Å². The first kappa shape index (κ1) is 8.61. The minimum absolute atomic E-state index is 0.502. The van der Waals surface area contributed by atoms with Crippen molar-refractivity contribution in [2.75, 3.05) is 0 Å². The third kappa shape index (κ3) is 2.24. The van der Waals surface area contributed by atoms with Gasteiger partial charge in [-0.15, -0.1) is 0 Å². The standard InChI is InChI=1S/C12H16O/c1-9(2)10-4-3-5-12(8-10)13-11-6-7-11/h3-5,8-9,11H,6-7H2,1-2H3. The molecular formula is C12H16O. The van der Waals surface area contributed by atoms with Crippen LogP contribution in [0.3, 0.4) is 0 Å². The first-order valence-corrected chi connectivity index (χ1v) is 5.02. The van der Waals surface area contributed by atoms with Crippen molar-refractivity contribution < 1.29 is 4.74 Å². The molecule has 70 valence electrons. The molecule has 13 heavy (non-hydrogen) atoms. The number of hydrogen-bond acceptors (Lipinski definition) is 1. The van der Waals surface area contributed by atoms with Gasteiger partial charge in [0.25, 0.3) is 0 Å². The molecule has 0 heterocycles. The molecule has 0 radical (unpaired) electrons. The van der Waals surface area contributed by atoms with Crippen LogP contribution in [-0.2, 0) is 0 Å². The van der Waals surface area contributed by atoms with Crippen molar-refractivity contribution in [3.63, 3.8) is 0 Å². The molecule has 2 rings (SSSR count). The van der Waals surface area contributed by atoms with Crippen LogP contribution in [0.2, 0.25) is 0 Å². The number of ether oxygens (including phenoxy) is 1. The van der Waals surface area contributed by atoms with Crippen molar-refractivity contribution in [2.45, 2.75) is 38.7 Å². The van der Waals surface area contributed by atoms with E-state index in [0.717, 1.165) is 5.75 Å². The number of benzene rings is 1. The third-order valence-electron chi connectivity index (χ3n) is 2.35. The minimum Gasteiger partial charge on any atom is -0.490 e. The molecule has 1 heteroatoms. The Morgan fingerprint density at radius 2 is 2.08 bits per heavy atom. The Bertz CT molecular complexity index is 287. The highest BCUT2D eigenvalue weighted by Crippen LogP contribution is 2.28. The predicted molar refractivity (Wildman–Crippen MR) is 54.2 cm³/mol. The fourth-order valence-corrected chi connectivity index (χ4v) is 1.33. The Morgan fingerprint density at radius 3 is 2.69 bits per heavy atom. The summed E-state index contributed by atoms with van der Waals surface area (Å²) in [6.07, 6.45) is 2.96. The molecule has 1 aromatic carbocycles. The topological polar surface area (TPSA) is 9.23 Å². The average Bonchev–Trinajstić information content (AvgIpc) is 2.89. The smallest absolute Gasteiger partial charge is 0.119 e. The molecular weight excluding hydrogens is 160 g/mol. The molecule has 0 unspecified atom stereocenters. The lowest BCUT2D eigenvalue weighted by molar-refractivity contribution is 0.303. The highest BCUT2D eigenvalue weighted by atomic mass is 16.5. The van der Waals surface area contributed by atoms with E-state index in [1.54, 1.807) is 0 Å². The maximum Gasteiger partial charge on any atom is 0.119 e. The predicted octanol–water partition coefficient (Wildman–Crippen LogP) is 3.35. The van der Waals surface area contributed by atoms with Gasteiger partial charge in [0.2, 0.25) is 0 Å². The van der Waals surface area contributed by atoms with Crippen molar-refractivity contribution in [1.82, 2.24) is 0 Å². The second kappa shape index (κ2) is 3.41. The normalized spacial score (nSPS) is 16.2. The maximum atomic E-state index is 5.72. The third-order valence-corrected chi connectivity index (χ3v) is 2.35. The van der Waals surface area contributed by atoms with Gasteiger partial charge in [-0.2, -0.15) is 0 Å². The lowest BCUT2D eigenvalue weighted by atomic mass is 10.0. The summed E-state index contributed by atoms with van der Waals surface area (Å²) in [5, 5.41) is 0. The second-order valence-electron chi connectivity index (χ2n) is 4.04. The molecule has 0 aromatic heterocycles. The Morgan fingerprint density at radius 1 is 1.31 bits per heavy atom. The average molecular weight is 176 g/mol. The van der Waals surface area contributed by atoms with Gasteiger partial charge in [-0.1, -0.05) is 26.0 Å². The second-order valence-corrected chi connectivity index (χ2v) is 4.04. The molecule has 1 aliphatic rings. The van der Waals surface area contributed by atoms with E-state index in [0.29, 0.717) is 12.0 Å². The lowest BCUT2D eigenvalue weighted by Crippen LogP contribution is -1.96. The van der Waals surface area contributed by atoms with Crippen LogP contribution in [-0.4, -0.2) is 6.10 Å². The van der Waals surface area contributed by atoms with E-state index < -0.39 is 0 Å². The fourth-order valence-electron chi connectivity index (χ4n) is 1.33. The highest BCUT2D eigenvalue weighted by molar-refractivity contribution is 5.30. The molecule has 0 bridgehead atoms. The van der Waals surface area contributed by atoms with Gasteiger partial charge in [0, 0.05) is 0 Å². The Kier molecular flexibility index (Phi) is 2.26. The zero-order chi connectivity index (χ0) is 9.26. The Hall–Kier alpha value is -0.980. The summed E-state index contributed by atoms with van der Waals surface area (Å²) in [5.41, 5.74) is 1.36. The minimum atomic E-state index is 0.502. The molecule has 0 spiro atoms. The van der Waals surface area contributed by atoms with Crippen molar-refractivity contribution in [1.29, 1.82) is 0 Å². The Labute approximate surface area is 79.7 Å². The van der Waals surface area contributed by atoms with Crippen LogP contribution in [0.4, 0.5) is 0 Å². The zero-order valence-electron chi connectivity index (χ0n) is 8.29. The van der Waals surface area contributed by atoms with Crippen molar-refractivity contribution in [3.05, 3.63) is 29.8 Å². The molecule has 1 aromatic rings.